The molecule has 1 aromatic rings. The molecule has 0 aromatic heterocycles. The first kappa shape index (κ1) is 12.5. The highest BCUT2D eigenvalue weighted by Crippen LogP contribution is 2.31. The van der Waals surface area contributed by atoms with E-state index in [0.717, 1.165) is 24.3 Å². The summed E-state index contributed by atoms with van der Waals surface area (Å²) in [7, 11) is 0. The molecule has 0 aliphatic carbocycles. The first-order valence-corrected chi connectivity index (χ1v) is 7.28. The van der Waals surface area contributed by atoms with Gasteiger partial charge in [0.1, 0.15) is 0 Å². The summed E-state index contributed by atoms with van der Waals surface area (Å²) in [5.74, 6) is 0.685. The Morgan fingerprint density at radius 3 is 2.50 bits per heavy atom. The highest BCUT2D eigenvalue weighted by molar-refractivity contribution is 6.30. The molecule has 2 fully saturated rings. The van der Waals surface area contributed by atoms with E-state index in [-0.39, 0.29) is 0 Å². The van der Waals surface area contributed by atoms with E-state index in [2.05, 4.69) is 17.0 Å². The van der Waals surface area contributed by atoms with E-state index in [0.29, 0.717) is 5.92 Å². The molecule has 3 rings (SSSR count). The molecule has 0 spiro atoms. The monoisotopic (exact) mass is 265 g/mol. The molecule has 2 aliphatic heterocycles. The number of nitrogens with zero attached hydrogens (tertiary/aromatic N) is 1. The van der Waals surface area contributed by atoms with Crippen molar-refractivity contribution in [1.82, 2.24) is 4.90 Å². The number of rotatable bonds is 2. The first-order chi connectivity index (χ1) is 8.83. The third kappa shape index (κ3) is 2.71. The average molecular weight is 266 g/mol. The van der Waals surface area contributed by atoms with Gasteiger partial charge in [-0.05, 0) is 49.4 Å². The predicted molar refractivity (Wildman–Crippen MR) is 74.2 cm³/mol. The van der Waals surface area contributed by atoms with Gasteiger partial charge < -0.3 is 4.74 Å². The fourth-order valence-electron chi connectivity index (χ4n) is 3.18. The lowest BCUT2D eigenvalue weighted by molar-refractivity contribution is 0.0419. The van der Waals surface area contributed by atoms with Crippen molar-refractivity contribution < 1.29 is 4.74 Å². The Balaban J connectivity index is 1.62. The highest BCUT2D eigenvalue weighted by Gasteiger charge is 2.29. The first-order valence-electron chi connectivity index (χ1n) is 6.90. The number of ether oxygens (including phenoxy) is 1. The fourth-order valence-corrected chi connectivity index (χ4v) is 3.30. The molecule has 98 valence electrons. The Kier molecular flexibility index (Phi) is 3.88. The topological polar surface area (TPSA) is 12.5 Å². The lowest BCUT2D eigenvalue weighted by Gasteiger charge is -2.31. The zero-order chi connectivity index (χ0) is 12.4. The van der Waals surface area contributed by atoms with E-state index in [1.54, 1.807) is 0 Å². The van der Waals surface area contributed by atoms with Crippen molar-refractivity contribution in [2.24, 2.45) is 0 Å². The van der Waals surface area contributed by atoms with Crippen LogP contribution in [0.3, 0.4) is 0 Å². The van der Waals surface area contributed by atoms with E-state index >= 15 is 0 Å². The van der Waals surface area contributed by atoms with Gasteiger partial charge in [0.2, 0.25) is 0 Å². The van der Waals surface area contributed by atoms with E-state index < -0.39 is 0 Å². The normalized spacial score (nSPS) is 26.6. The molecule has 2 aliphatic rings. The van der Waals surface area contributed by atoms with Gasteiger partial charge in [-0.15, -0.1) is 0 Å². The maximum atomic E-state index is 5.94. The molecule has 18 heavy (non-hydrogen) atoms. The predicted octanol–water partition coefficient (Wildman–Crippen LogP) is 3.31. The van der Waals surface area contributed by atoms with Gasteiger partial charge >= 0.3 is 0 Å². The summed E-state index contributed by atoms with van der Waals surface area (Å²) in [4.78, 5) is 2.65. The maximum Gasteiger partial charge on any atom is 0.0480 e. The average Bonchev–Trinajstić information content (AvgIpc) is 2.90. The van der Waals surface area contributed by atoms with Crippen LogP contribution in [-0.4, -0.2) is 37.2 Å². The molecule has 0 amide bonds. The molecule has 2 heterocycles. The molecule has 1 unspecified atom stereocenters. The lowest BCUT2D eigenvalue weighted by atomic mass is 9.98. The fraction of sp³-hybridized carbons (Fsp3) is 0.600. The van der Waals surface area contributed by atoms with Crippen LogP contribution in [0.15, 0.2) is 24.3 Å². The molecule has 0 saturated carbocycles. The number of likely N-dealkylation sites (tertiary alicyclic amines) is 1. The second kappa shape index (κ2) is 5.60. The molecule has 1 atom stereocenters. The van der Waals surface area contributed by atoms with Gasteiger partial charge in [-0.3, -0.25) is 4.90 Å². The largest absolute Gasteiger partial charge is 0.381 e. The Morgan fingerprint density at radius 1 is 1.06 bits per heavy atom. The van der Waals surface area contributed by atoms with Crippen molar-refractivity contribution in [3.8, 4) is 0 Å². The Bertz CT molecular complexity index is 386. The second-order valence-electron chi connectivity index (χ2n) is 5.38. The van der Waals surface area contributed by atoms with E-state index in [1.165, 1.54) is 37.9 Å². The smallest absolute Gasteiger partial charge is 0.0480 e. The molecule has 1 aromatic carbocycles. The van der Waals surface area contributed by atoms with E-state index in [4.69, 9.17) is 16.3 Å². The van der Waals surface area contributed by atoms with Crippen LogP contribution in [-0.2, 0) is 4.74 Å². The molecule has 0 N–H and O–H groups in total. The standard InChI is InChI=1S/C15H20ClNO/c16-14-3-1-12(2-4-14)13-5-8-17(11-13)15-6-9-18-10-7-15/h1-4,13,15H,5-11H2. The SMILES string of the molecule is Clc1ccc(C2CCN(C3CCOCC3)C2)cc1. The van der Waals surface area contributed by atoms with Crippen LogP contribution >= 0.6 is 11.6 Å². The minimum absolute atomic E-state index is 0.685. The van der Waals surface area contributed by atoms with Crippen LogP contribution < -0.4 is 0 Å². The van der Waals surface area contributed by atoms with Crippen LogP contribution in [0.4, 0.5) is 0 Å². The summed E-state index contributed by atoms with van der Waals surface area (Å²) >= 11 is 5.94. The second-order valence-corrected chi connectivity index (χ2v) is 5.81. The maximum absolute atomic E-state index is 5.94. The Morgan fingerprint density at radius 2 is 1.78 bits per heavy atom. The lowest BCUT2D eigenvalue weighted by Crippen LogP contribution is -2.37. The van der Waals surface area contributed by atoms with Crippen molar-refractivity contribution >= 4 is 11.6 Å². The quantitative estimate of drug-likeness (QED) is 0.814. The van der Waals surface area contributed by atoms with Crippen molar-refractivity contribution in [2.45, 2.75) is 31.2 Å². The van der Waals surface area contributed by atoms with Gasteiger partial charge in [-0.1, -0.05) is 23.7 Å². The van der Waals surface area contributed by atoms with Gasteiger partial charge in [0.15, 0.2) is 0 Å². The zero-order valence-corrected chi connectivity index (χ0v) is 11.4. The van der Waals surface area contributed by atoms with E-state index in [1.807, 2.05) is 12.1 Å². The van der Waals surface area contributed by atoms with Gasteiger partial charge in [0.05, 0.1) is 0 Å². The molecule has 2 nitrogen and oxygen atoms in total. The zero-order valence-electron chi connectivity index (χ0n) is 10.6. The van der Waals surface area contributed by atoms with Crippen molar-refractivity contribution in [2.75, 3.05) is 26.3 Å². The molecular weight excluding hydrogens is 246 g/mol. The summed E-state index contributed by atoms with van der Waals surface area (Å²) in [6, 6.07) is 9.12. The summed E-state index contributed by atoms with van der Waals surface area (Å²) in [6.07, 6.45) is 3.68. The highest BCUT2D eigenvalue weighted by atomic mass is 35.5. The number of hydrogen-bond donors (Lipinski definition) is 0. The number of hydrogen-bond acceptors (Lipinski definition) is 2. The van der Waals surface area contributed by atoms with Crippen LogP contribution in [0, 0.1) is 0 Å². The Hall–Kier alpha value is -0.570. The molecular formula is C15H20ClNO. The molecule has 0 bridgehead atoms. The van der Waals surface area contributed by atoms with Crippen molar-refractivity contribution in [1.29, 1.82) is 0 Å². The van der Waals surface area contributed by atoms with Crippen molar-refractivity contribution in [3.63, 3.8) is 0 Å². The minimum Gasteiger partial charge on any atom is -0.381 e. The van der Waals surface area contributed by atoms with Crippen LogP contribution in [0.1, 0.15) is 30.7 Å². The van der Waals surface area contributed by atoms with Crippen molar-refractivity contribution in [3.05, 3.63) is 34.9 Å². The van der Waals surface area contributed by atoms with Crippen LogP contribution in [0.2, 0.25) is 5.02 Å². The van der Waals surface area contributed by atoms with E-state index in [9.17, 15) is 0 Å². The third-order valence-corrected chi connectivity index (χ3v) is 4.52. The summed E-state index contributed by atoms with van der Waals surface area (Å²) in [5.41, 5.74) is 1.44. The van der Waals surface area contributed by atoms with Gasteiger partial charge in [-0.25, -0.2) is 0 Å². The molecule has 2 saturated heterocycles. The molecule has 3 heteroatoms. The minimum atomic E-state index is 0.685. The molecule has 0 radical (unpaired) electrons. The van der Waals surface area contributed by atoms with Crippen LogP contribution in [0.5, 0.6) is 0 Å². The summed E-state index contributed by atoms with van der Waals surface area (Å²) in [6.45, 7) is 4.31. The number of halogens is 1. The Labute approximate surface area is 114 Å². The number of benzene rings is 1. The van der Waals surface area contributed by atoms with Gasteiger partial charge in [-0.2, -0.15) is 0 Å². The van der Waals surface area contributed by atoms with Gasteiger partial charge in [0.25, 0.3) is 0 Å². The van der Waals surface area contributed by atoms with Gasteiger partial charge in [0, 0.05) is 30.8 Å². The summed E-state index contributed by atoms with van der Waals surface area (Å²) in [5, 5.41) is 0.832. The third-order valence-electron chi connectivity index (χ3n) is 4.27. The summed E-state index contributed by atoms with van der Waals surface area (Å²) < 4.78 is 5.44. The van der Waals surface area contributed by atoms with Crippen LogP contribution in [0.25, 0.3) is 0 Å².